The Morgan fingerprint density at radius 1 is 0.766 bits per heavy atom. The minimum absolute atomic E-state index is 0. The number of benzene rings is 5. The van der Waals surface area contributed by atoms with Gasteiger partial charge < -0.3 is 14.0 Å². The average Bonchev–Trinajstić information content (AvgIpc) is 3.84. The summed E-state index contributed by atoms with van der Waals surface area (Å²) in [7, 11) is -1.70. The summed E-state index contributed by atoms with van der Waals surface area (Å²) in [5.74, 6) is 0.908. The Hall–Kier alpha value is -5.53. The Kier molecular flexibility index (Phi) is 12.9. The average molecular weight is 1040 g/mol. The fourth-order valence-electron chi connectivity index (χ4n) is 8.30. The number of fused-ring (bicyclic) bond motifs is 4. The zero-order valence-corrected chi connectivity index (χ0v) is 41.8. The molecular weight excluding hydrogens is 984 g/mol. The summed E-state index contributed by atoms with van der Waals surface area (Å²) < 4.78 is 41.0. The van der Waals surface area contributed by atoms with Gasteiger partial charge >= 0.3 is 0 Å². The number of halogens is 1. The summed E-state index contributed by atoms with van der Waals surface area (Å²) in [6.45, 7) is 21.6. The Balaban J connectivity index is 0.000000230. The summed E-state index contributed by atoms with van der Waals surface area (Å²) in [5, 5.41) is 3.01. The van der Waals surface area contributed by atoms with Crippen molar-refractivity contribution in [3.63, 3.8) is 0 Å². The first kappa shape index (κ1) is 43.7. The summed E-state index contributed by atoms with van der Waals surface area (Å²) in [4.78, 5) is 14.6. The molecule has 5 nitrogen and oxygen atoms in total. The largest absolute Gasteiger partial charge is 0.486 e. The van der Waals surface area contributed by atoms with Crippen molar-refractivity contribution in [2.75, 3.05) is 0 Å². The van der Waals surface area contributed by atoms with Crippen molar-refractivity contribution in [2.24, 2.45) is 5.41 Å². The second-order valence-electron chi connectivity index (χ2n) is 19.0. The molecule has 5 aromatic carbocycles. The molecule has 0 saturated heterocycles. The van der Waals surface area contributed by atoms with Gasteiger partial charge in [0.25, 0.3) is 0 Å². The third-order valence-electron chi connectivity index (χ3n) is 11.3. The molecular formula is C56H57FIrN4OSi-2. The topological polar surface area (TPSA) is 56.7 Å². The van der Waals surface area contributed by atoms with Crippen LogP contribution in [0.4, 0.5) is 4.39 Å². The number of hydrogen-bond donors (Lipinski definition) is 0. The number of rotatable bonds is 9. The maximum atomic E-state index is 14.8. The van der Waals surface area contributed by atoms with Gasteiger partial charge in [0.1, 0.15) is 5.82 Å². The quantitative estimate of drug-likeness (QED) is 0.107. The number of furan rings is 1. The van der Waals surface area contributed by atoms with Gasteiger partial charge in [-0.05, 0) is 87.6 Å². The van der Waals surface area contributed by atoms with Crippen LogP contribution in [0.5, 0.6) is 0 Å². The Labute approximate surface area is 395 Å². The third kappa shape index (κ3) is 9.90. The van der Waals surface area contributed by atoms with Crippen LogP contribution >= 0.6 is 0 Å². The molecule has 64 heavy (non-hydrogen) atoms. The molecule has 0 atom stereocenters. The van der Waals surface area contributed by atoms with E-state index in [9.17, 15) is 4.39 Å². The first-order valence-electron chi connectivity index (χ1n) is 22.9. The maximum absolute atomic E-state index is 14.8. The molecule has 8 heteroatoms. The predicted molar refractivity (Wildman–Crippen MR) is 263 cm³/mol. The van der Waals surface area contributed by atoms with E-state index in [-0.39, 0.29) is 37.8 Å². The Morgan fingerprint density at radius 2 is 1.45 bits per heavy atom. The van der Waals surface area contributed by atoms with Crippen LogP contribution < -0.4 is 5.19 Å². The molecule has 0 N–H and O–H groups in total. The summed E-state index contributed by atoms with van der Waals surface area (Å²) >= 11 is 0. The number of aromatic nitrogens is 4. The van der Waals surface area contributed by atoms with E-state index >= 15 is 0 Å². The van der Waals surface area contributed by atoms with Gasteiger partial charge in [0.2, 0.25) is 5.71 Å². The van der Waals surface area contributed by atoms with Gasteiger partial charge in [0.15, 0.2) is 0 Å². The molecule has 0 aliphatic heterocycles. The second kappa shape index (κ2) is 18.9. The first-order valence-corrected chi connectivity index (χ1v) is 25.4. The Bertz CT molecular complexity index is 3120. The second-order valence-corrected chi connectivity index (χ2v) is 24.1. The van der Waals surface area contributed by atoms with Crippen molar-refractivity contribution in [2.45, 2.75) is 92.9 Å². The maximum Gasteiger partial charge on any atom is 0.216 e. The molecule has 0 fully saturated rings. The number of pyridine rings is 2. The number of imidazole rings is 1. The molecule has 0 aliphatic rings. The van der Waals surface area contributed by atoms with Gasteiger partial charge in [-0.2, -0.15) is 0 Å². The van der Waals surface area contributed by atoms with Crippen LogP contribution in [0.1, 0.15) is 85.3 Å². The standard InChI is InChI=1S/C37H31FN3O.C19H26NSi.Ir/c1-22(2)29-19-25(38)20-30(23(3)4)31(29)21-41-34-16-9-8-15-33(34)39-36(41)28-14-10-13-26-27-17-18-32(24-11-6-5-7-12-24)40-37(27)42-35(26)28;1-19(2,3)13-16-12-17(15-10-8-7-9-11-15)20-14-18(16)21(4,5)6;/h5-13,15-20,22-23H,21H2,1-4H3;7-10,12,14H,13H2,1-6H3;/q2*-1;/i;13D2;. The molecule has 0 bridgehead atoms. The van der Waals surface area contributed by atoms with Crippen LogP contribution in [-0.4, -0.2) is 27.6 Å². The van der Waals surface area contributed by atoms with Crippen molar-refractivity contribution in [1.82, 2.24) is 19.5 Å². The van der Waals surface area contributed by atoms with E-state index in [1.807, 2.05) is 124 Å². The van der Waals surface area contributed by atoms with Crippen LogP contribution in [-0.2, 0) is 33.0 Å². The molecule has 4 heterocycles. The van der Waals surface area contributed by atoms with Gasteiger partial charge in [-0.25, -0.2) is 9.37 Å². The van der Waals surface area contributed by atoms with Gasteiger partial charge in [-0.3, -0.25) is 4.98 Å². The molecule has 4 aromatic heterocycles. The van der Waals surface area contributed by atoms with Crippen LogP contribution in [0.25, 0.3) is 67.0 Å². The van der Waals surface area contributed by atoms with Gasteiger partial charge in [-0.15, -0.1) is 54.1 Å². The summed E-state index contributed by atoms with van der Waals surface area (Å²) in [5.41, 5.74) is 11.0. The van der Waals surface area contributed by atoms with Crippen LogP contribution in [0.3, 0.4) is 0 Å². The fourth-order valence-corrected chi connectivity index (χ4v) is 9.69. The van der Waals surface area contributed by atoms with Crippen LogP contribution in [0.15, 0.2) is 132 Å². The number of nitrogens with zero attached hydrogens (tertiary/aromatic N) is 4. The summed E-state index contributed by atoms with van der Waals surface area (Å²) in [6.07, 6.45) is 0.469. The van der Waals surface area contributed by atoms with E-state index < -0.39 is 19.9 Å². The molecule has 0 amide bonds. The van der Waals surface area contributed by atoms with Crippen molar-refractivity contribution < 1.29 is 31.7 Å². The van der Waals surface area contributed by atoms with Gasteiger partial charge in [0.05, 0.1) is 36.2 Å². The zero-order chi connectivity index (χ0) is 46.4. The van der Waals surface area contributed by atoms with Crippen molar-refractivity contribution in [3.05, 3.63) is 168 Å². The van der Waals surface area contributed by atoms with Crippen LogP contribution in [0, 0.1) is 23.4 Å². The van der Waals surface area contributed by atoms with Crippen molar-refractivity contribution in [1.29, 1.82) is 0 Å². The minimum Gasteiger partial charge on any atom is -0.486 e. The third-order valence-corrected chi connectivity index (χ3v) is 13.3. The smallest absolute Gasteiger partial charge is 0.216 e. The monoisotopic (exact) mass is 1040 g/mol. The molecule has 0 saturated carbocycles. The number of hydrogen-bond acceptors (Lipinski definition) is 4. The zero-order valence-electron chi connectivity index (χ0n) is 40.4. The molecule has 0 spiro atoms. The van der Waals surface area contributed by atoms with Crippen LogP contribution in [0.2, 0.25) is 19.6 Å². The SMILES string of the molecule is CC(C)c1cc(F)cc(C(C)C)c1Cn1c(-c2[c-]ccc3c2oc2nc(-c4ccccc4)ccc23)nc2ccccc21.[2H]C([2H])(c1cc(-c2[c-]cccc2)ncc1[Si](C)(C)C)C(C)(C)C.[Ir]. The minimum atomic E-state index is -1.70. The van der Waals surface area contributed by atoms with Gasteiger partial charge in [-0.1, -0.05) is 133 Å². The molecule has 9 aromatic rings. The normalized spacial score (nSPS) is 12.6. The summed E-state index contributed by atoms with van der Waals surface area (Å²) in [6, 6.07) is 46.0. The molecule has 1 radical (unpaired) electrons. The Morgan fingerprint density at radius 3 is 2.11 bits per heavy atom. The van der Waals surface area contributed by atoms with E-state index in [0.717, 1.165) is 83.1 Å². The van der Waals surface area contributed by atoms with E-state index in [2.05, 4.69) is 81.2 Å². The van der Waals surface area contributed by atoms with E-state index in [1.165, 1.54) is 0 Å². The molecule has 329 valence electrons. The van der Waals surface area contributed by atoms with E-state index in [1.54, 1.807) is 12.1 Å². The van der Waals surface area contributed by atoms with E-state index in [4.69, 9.17) is 17.1 Å². The fraction of sp³-hybridized carbons (Fsp3) is 0.268. The van der Waals surface area contributed by atoms with Gasteiger partial charge in [0, 0.05) is 46.5 Å². The predicted octanol–water partition coefficient (Wildman–Crippen LogP) is 14.6. The molecule has 0 unspecified atom stereocenters. The number of para-hydroxylation sites is 2. The first-order chi connectivity index (χ1) is 30.8. The van der Waals surface area contributed by atoms with Crippen molar-refractivity contribution in [3.8, 4) is 33.9 Å². The molecule has 0 aliphatic carbocycles. The molecule has 9 rings (SSSR count). The van der Waals surface area contributed by atoms with E-state index in [0.29, 0.717) is 17.8 Å². The van der Waals surface area contributed by atoms with Crippen molar-refractivity contribution >= 4 is 46.4 Å².